The first-order valence-corrected chi connectivity index (χ1v) is 7.40. The molecule has 3 nitrogen and oxygen atoms in total. The second kappa shape index (κ2) is 6.52. The van der Waals surface area contributed by atoms with Crippen molar-refractivity contribution >= 4 is 11.6 Å². The van der Waals surface area contributed by atoms with Crippen LogP contribution in [0.1, 0.15) is 17.2 Å². The van der Waals surface area contributed by atoms with Gasteiger partial charge < -0.3 is 5.32 Å². The predicted molar refractivity (Wildman–Crippen MR) is 81.7 cm³/mol. The molecule has 1 fully saturated rings. The Kier molecular flexibility index (Phi) is 4.48. The summed E-state index contributed by atoms with van der Waals surface area (Å²) in [6, 6.07) is 8.91. The zero-order valence-electron chi connectivity index (χ0n) is 11.6. The highest BCUT2D eigenvalue weighted by molar-refractivity contribution is 6.31. The fraction of sp³-hybridized carbons (Fsp3) is 0.312. The van der Waals surface area contributed by atoms with Gasteiger partial charge in [-0.05, 0) is 29.3 Å². The molecule has 0 radical (unpaired) electrons. The van der Waals surface area contributed by atoms with Gasteiger partial charge in [0, 0.05) is 44.6 Å². The highest BCUT2D eigenvalue weighted by Gasteiger charge is 2.24. The molecule has 1 unspecified atom stereocenters. The number of halogens is 2. The van der Waals surface area contributed by atoms with Crippen molar-refractivity contribution in [3.8, 4) is 0 Å². The van der Waals surface area contributed by atoms with Gasteiger partial charge in [0.25, 0.3) is 0 Å². The molecule has 1 aliphatic heterocycles. The molecule has 21 heavy (non-hydrogen) atoms. The monoisotopic (exact) mass is 305 g/mol. The second-order valence-corrected chi connectivity index (χ2v) is 5.62. The molecule has 110 valence electrons. The standard InChI is InChI=1S/C16H17ClFN3/c17-15-9-19-5-4-13(15)11-21-7-6-20-10-16(21)12-2-1-3-14(18)8-12/h1-5,8-9,16,20H,6-7,10-11H2. The molecule has 5 heteroatoms. The van der Waals surface area contributed by atoms with Crippen LogP contribution in [-0.2, 0) is 6.54 Å². The first-order chi connectivity index (χ1) is 10.2. The quantitative estimate of drug-likeness (QED) is 0.945. The van der Waals surface area contributed by atoms with E-state index in [1.807, 2.05) is 12.1 Å². The summed E-state index contributed by atoms with van der Waals surface area (Å²) in [4.78, 5) is 6.34. The molecule has 1 saturated heterocycles. The molecule has 0 aliphatic carbocycles. The SMILES string of the molecule is Fc1cccc(C2CNCCN2Cc2ccncc2Cl)c1. The Labute approximate surface area is 128 Å². The van der Waals surface area contributed by atoms with Crippen molar-refractivity contribution < 1.29 is 4.39 Å². The van der Waals surface area contributed by atoms with Crippen LogP contribution in [0, 0.1) is 5.82 Å². The van der Waals surface area contributed by atoms with Crippen molar-refractivity contribution in [2.75, 3.05) is 19.6 Å². The Morgan fingerprint density at radius 3 is 3.10 bits per heavy atom. The number of pyridine rings is 1. The van der Waals surface area contributed by atoms with Gasteiger partial charge in [-0.2, -0.15) is 0 Å². The van der Waals surface area contributed by atoms with E-state index in [9.17, 15) is 4.39 Å². The van der Waals surface area contributed by atoms with Gasteiger partial charge in [-0.1, -0.05) is 23.7 Å². The number of hydrogen-bond acceptors (Lipinski definition) is 3. The summed E-state index contributed by atoms with van der Waals surface area (Å²) < 4.78 is 13.5. The van der Waals surface area contributed by atoms with Crippen molar-refractivity contribution in [3.05, 3.63) is 64.7 Å². The topological polar surface area (TPSA) is 28.2 Å². The number of benzene rings is 1. The molecule has 0 amide bonds. The second-order valence-electron chi connectivity index (χ2n) is 5.21. The Morgan fingerprint density at radius 1 is 1.38 bits per heavy atom. The molecular weight excluding hydrogens is 289 g/mol. The van der Waals surface area contributed by atoms with Crippen LogP contribution in [-0.4, -0.2) is 29.5 Å². The first kappa shape index (κ1) is 14.4. The third-order valence-electron chi connectivity index (χ3n) is 3.82. The maximum absolute atomic E-state index is 13.5. The summed E-state index contributed by atoms with van der Waals surface area (Å²) in [7, 11) is 0. The van der Waals surface area contributed by atoms with Gasteiger partial charge in [-0.3, -0.25) is 9.88 Å². The minimum Gasteiger partial charge on any atom is -0.314 e. The molecule has 1 atom stereocenters. The van der Waals surface area contributed by atoms with Gasteiger partial charge in [-0.15, -0.1) is 0 Å². The lowest BCUT2D eigenvalue weighted by Gasteiger charge is -2.36. The summed E-state index contributed by atoms with van der Waals surface area (Å²) in [5, 5.41) is 4.05. The minimum atomic E-state index is -0.194. The Morgan fingerprint density at radius 2 is 2.29 bits per heavy atom. The lowest BCUT2D eigenvalue weighted by Crippen LogP contribution is -2.45. The van der Waals surface area contributed by atoms with E-state index in [-0.39, 0.29) is 11.9 Å². The van der Waals surface area contributed by atoms with E-state index in [1.54, 1.807) is 24.5 Å². The van der Waals surface area contributed by atoms with Crippen LogP contribution in [0.4, 0.5) is 4.39 Å². The summed E-state index contributed by atoms with van der Waals surface area (Å²) in [5.41, 5.74) is 2.04. The summed E-state index contributed by atoms with van der Waals surface area (Å²) in [5.74, 6) is -0.194. The molecule has 1 aromatic heterocycles. The van der Waals surface area contributed by atoms with Gasteiger partial charge in [-0.25, -0.2) is 4.39 Å². The van der Waals surface area contributed by atoms with E-state index in [4.69, 9.17) is 11.6 Å². The molecule has 2 heterocycles. The molecule has 1 aliphatic rings. The first-order valence-electron chi connectivity index (χ1n) is 7.02. The van der Waals surface area contributed by atoms with E-state index < -0.39 is 0 Å². The normalized spacial score (nSPS) is 19.6. The highest BCUT2D eigenvalue weighted by atomic mass is 35.5. The van der Waals surface area contributed by atoms with Gasteiger partial charge in [0.05, 0.1) is 5.02 Å². The summed E-state index contributed by atoms with van der Waals surface area (Å²) >= 11 is 6.20. The molecule has 1 aromatic carbocycles. The largest absolute Gasteiger partial charge is 0.314 e. The predicted octanol–water partition coefficient (Wildman–Crippen LogP) is 3.02. The van der Waals surface area contributed by atoms with E-state index in [2.05, 4.69) is 15.2 Å². The number of nitrogens with zero attached hydrogens (tertiary/aromatic N) is 2. The van der Waals surface area contributed by atoms with Gasteiger partial charge >= 0.3 is 0 Å². The zero-order valence-corrected chi connectivity index (χ0v) is 12.4. The van der Waals surface area contributed by atoms with Crippen molar-refractivity contribution in [1.29, 1.82) is 0 Å². The Bertz CT molecular complexity index is 620. The fourth-order valence-corrected chi connectivity index (χ4v) is 2.91. The number of piperazine rings is 1. The molecule has 3 rings (SSSR count). The van der Waals surface area contributed by atoms with E-state index >= 15 is 0 Å². The van der Waals surface area contributed by atoms with Crippen LogP contribution in [0.3, 0.4) is 0 Å². The van der Waals surface area contributed by atoms with Gasteiger partial charge in [0.1, 0.15) is 5.82 Å². The molecule has 0 bridgehead atoms. The van der Waals surface area contributed by atoms with E-state index in [0.717, 1.165) is 37.3 Å². The maximum Gasteiger partial charge on any atom is 0.123 e. The smallest absolute Gasteiger partial charge is 0.123 e. The molecule has 2 aromatic rings. The highest BCUT2D eigenvalue weighted by Crippen LogP contribution is 2.26. The number of rotatable bonds is 3. The van der Waals surface area contributed by atoms with Crippen LogP contribution in [0.15, 0.2) is 42.7 Å². The van der Waals surface area contributed by atoms with Crippen LogP contribution >= 0.6 is 11.6 Å². The Hall–Kier alpha value is -1.49. The number of nitrogens with one attached hydrogen (secondary N) is 1. The molecule has 1 N–H and O–H groups in total. The van der Waals surface area contributed by atoms with Gasteiger partial charge in [0.2, 0.25) is 0 Å². The van der Waals surface area contributed by atoms with E-state index in [1.165, 1.54) is 6.07 Å². The van der Waals surface area contributed by atoms with Crippen LogP contribution in [0.5, 0.6) is 0 Å². The maximum atomic E-state index is 13.5. The van der Waals surface area contributed by atoms with Crippen molar-refractivity contribution in [3.63, 3.8) is 0 Å². The lowest BCUT2D eigenvalue weighted by molar-refractivity contribution is 0.153. The zero-order chi connectivity index (χ0) is 14.7. The van der Waals surface area contributed by atoms with E-state index in [0.29, 0.717) is 5.02 Å². The Balaban J connectivity index is 1.83. The molecule has 0 spiro atoms. The third-order valence-corrected chi connectivity index (χ3v) is 4.16. The van der Waals surface area contributed by atoms with Crippen molar-refractivity contribution in [2.24, 2.45) is 0 Å². The molecule has 0 saturated carbocycles. The van der Waals surface area contributed by atoms with Crippen molar-refractivity contribution in [2.45, 2.75) is 12.6 Å². The third kappa shape index (κ3) is 3.40. The molecular formula is C16H17ClFN3. The number of aromatic nitrogens is 1. The van der Waals surface area contributed by atoms with Gasteiger partial charge in [0.15, 0.2) is 0 Å². The summed E-state index contributed by atoms with van der Waals surface area (Å²) in [6.45, 7) is 3.38. The minimum absolute atomic E-state index is 0.152. The van der Waals surface area contributed by atoms with Crippen LogP contribution in [0.25, 0.3) is 0 Å². The van der Waals surface area contributed by atoms with Crippen molar-refractivity contribution in [1.82, 2.24) is 15.2 Å². The van der Waals surface area contributed by atoms with Crippen LogP contribution in [0.2, 0.25) is 5.02 Å². The fourth-order valence-electron chi connectivity index (χ4n) is 2.73. The average Bonchev–Trinajstić information content (AvgIpc) is 2.50. The summed E-state index contributed by atoms with van der Waals surface area (Å²) in [6.07, 6.45) is 3.41. The van der Waals surface area contributed by atoms with Crippen LogP contribution < -0.4 is 5.32 Å². The lowest BCUT2D eigenvalue weighted by atomic mass is 10.0. The average molecular weight is 306 g/mol. The number of hydrogen-bond donors (Lipinski definition) is 1.